The van der Waals surface area contributed by atoms with Crippen LogP contribution in [0.25, 0.3) is 0 Å². The predicted octanol–water partition coefficient (Wildman–Crippen LogP) is 1.63. The molecular weight excluding hydrogens is 150 g/mol. The van der Waals surface area contributed by atoms with E-state index in [-0.39, 0.29) is 0 Å². The Hall–Kier alpha value is 0.240. The van der Waals surface area contributed by atoms with Crippen LogP contribution < -0.4 is 0 Å². The molecule has 0 rings (SSSR count). The molecule has 0 bridgehead atoms. The Kier molecular flexibility index (Phi) is 5.19. The van der Waals surface area contributed by atoms with Gasteiger partial charge in [-0.1, -0.05) is 12.2 Å². The molecule has 0 aliphatic heterocycles. The Morgan fingerprint density at radius 1 is 1.56 bits per heavy atom. The van der Waals surface area contributed by atoms with E-state index in [0.29, 0.717) is 0 Å². The molecule has 3 heteroatoms. The quantitative estimate of drug-likeness (QED) is 0.582. The monoisotopic (exact) mass is 163 g/mol. The predicted molar refractivity (Wildman–Crippen MR) is 49.3 cm³/mol. The lowest BCUT2D eigenvalue weighted by molar-refractivity contribution is 0.622. The van der Waals surface area contributed by atoms with E-state index in [1.165, 1.54) is 0 Å². The van der Waals surface area contributed by atoms with Crippen LogP contribution in [0.1, 0.15) is 6.42 Å². The number of thiocarbonyl (C=S) groups is 1. The van der Waals surface area contributed by atoms with Crippen LogP contribution in [0.3, 0.4) is 0 Å². The summed E-state index contributed by atoms with van der Waals surface area (Å²) in [5.74, 6) is 1.14. The van der Waals surface area contributed by atoms with Crippen molar-refractivity contribution in [2.24, 2.45) is 0 Å². The molecule has 0 aromatic carbocycles. The van der Waals surface area contributed by atoms with E-state index in [1.54, 1.807) is 0 Å². The Balaban J connectivity index is 3.28. The minimum atomic E-state index is 1.03. The smallest absolute Gasteiger partial charge is 0.0782 e. The van der Waals surface area contributed by atoms with Crippen LogP contribution in [-0.2, 0) is 0 Å². The number of hydrogen-bond acceptors (Lipinski definition) is 2. The Labute approximate surface area is 66.8 Å². The third-order valence-corrected chi connectivity index (χ3v) is 2.20. The number of rotatable bonds is 3. The second kappa shape index (κ2) is 5.06. The van der Waals surface area contributed by atoms with E-state index in [9.17, 15) is 0 Å². The van der Waals surface area contributed by atoms with Gasteiger partial charge in [0.1, 0.15) is 0 Å². The first kappa shape index (κ1) is 9.24. The van der Waals surface area contributed by atoms with Crippen LogP contribution >= 0.6 is 24.0 Å². The average Bonchev–Trinajstić information content (AvgIpc) is 1.82. The molecule has 0 aromatic rings. The molecule has 0 atom stereocenters. The van der Waals surface area contributed by atoms with E-state index >= 15 is 0 Å². The van der Waals surface area contributed by atoms with E-state index in [2.05, 4.69) is 6.26 Å². The summed E-state index contributed by atoms with van der Waals surface area (Å²) in [6, 6.07) is 0. The van der Waals surface area contributed by atoms with E-state index in [4.69, 9.17) is 12.2 Å². The summed E-state index contributed by atoms with van der Waals surface area (Å²) in [6.45, 7) is 0. The van der Waals surface area contributed by atoms with Crippen molar-refractivity contribution in [3.8, 4) is 0 Å². The van der Waals surface area contributed by atoms with Gasteiger partial charge in [-0.05, 0) is 12.0 Å². The molecule has 0 N–H and O–H groups in total. The van der Waals surface area contributed by atoms with Gasteiger partial charge < -0.3 is 4.90 Å². The Bertz CT molecular complexity index is 91.1. The summed E-state index contributed by atoms with van der Waals surface area (Å²) >= 11 is 6.89. The van der Waals surface area contributed by atoms with E-state index in [1.807, 2.05) is 30.8 Å². The molecule has 0 radical (unpaired) electrons. The van der Waals surface area contributed by atoms with Crippen molar-refractivity contribution in [3.05, 3.63) is 0 Å². The summed E-state index contributed by atoms with van der Waals surface area (Å²) < 4.78 is 0. The highest BCUT2D eigenvalue weighted by molar-refractivity contribution is 7.98. The molecule has 0 aliphatic rings. The Morgan fingerprint density at radius 3 is 2.44 bits per heavy atom. The van der Waals surface area contributed by atoms with Crippen LogP contribution in [0.4, 0.5) is 0 Å². The standard InChI is InChI=1S/C6H13NS2/c1-7(2)6(8)4-5-9-3/h4-5H2,1-3H3. The molecule has 0 aromatic heterocycles. The summed E-state index contributed by atoms with van der Waals surface area (Å²) in [4.78, 5) is 3.04. The van der Waals surface area contributed by atoms with Gasteiger partial charge in [0.25, 0.3) is 0 Å². The molecule has 0 spiro atoms. The zero-order valence-corrected chi connectivity index (χ0v) is 7.81. The van der Waals surface area contributed by atoms with Crippen molar-refractivity contribution in [1.82, 2.24) is 4.90 Å². The summed E-state index contributed by atoms with van der Waals surface area (Å²) in [7, 11) is 3.98. The van der Waals surface area contributed by atoms with Gasteiger partial charge in [0.05, 0.1) is 4.99 Å². The van der Waals surface area contributed by atoms with Gasteiger partial charge >= 0.3 is 0 Å². The number of thioether (sulfide) groups is 1. The SMILES string of the molecule is CSCCC(=S)N(C)C. The minimum Gasteiger partial charge on any atom is -0.372 e. The Morgan fingerprint density at radius 2 is 2.11 bits per heavy atom. The molecule has 0 aliphatic carbocycles. The molecular formula is C6H13NS2. The number of nitrogens with zero attached hydrogens (tertiary/aromatic N) is 1. The first-order chi connectivity index (χ1) is 4.18. The third-order valence-electron chi connectivity index (χ3n) is 1.02. The summed E-state index contributed by atoms with van der Waals surface area (Å²) in [5.41, 5.74) is 0. The van der Waals surface area contributed by atoms with Gasteiger partial charge in [-0.25, -0.2) is 0 Å². The minimum absolute atomic E-state index is 1.03. The summed E-state index contributed by atoms with van der Waals surface area (Å²) in [5, 5.41) is 0. The van der Waals surface area contributed by atoms with Gasteiger partial charge in [-0.15, -0.1) is 0 Å². The van der Waals surface area contributed by atoms with Crippen molar-refractivity contribution < 1.29 is 0 Å². The fraction of sp³-hybridized carbons (Fsp3) is 0.833. The van der Waals surface area contributed by atoms with Crippen LogP contribution in [-0.4, -0.2) is 36.0 Å². The van der Waals surface area contributed by atoms with Gasteiger partial charge in [0, 0.05) is 20.5 Å². The maximum absolute atomic E-state index is 5.06. The van der Waals surface area contributed by atoms with E-state index in [0.717, 1.165) is 17.2 Å². The molecule has 0 saturated heterocycles. The summed E-state index contributed by atoms with van der Waals surface area (Å²) in [6.07, 6.45) is 3.13. The lowest BCUT2D eigenvalue weighted by Crippen LogP contribution is -2.19. The maximum atomic E-state index is 5.06. The normalized spacial score (nSPS) is 9.22. The van der Waals surface area contributed by atoms with Crippen LogP contribution in [0, 0.1) is 0 Å². The van der Waals surface area contributed by atoms with Crippen LogP contribution in [0.15, 0.2) is 0 Å². The fourth-order valence-corrected chi connectivity index (χ4v) is 1.04. The maximum Gasteiger partial charge on any atom is 0.0782 e. The lowest BCUT2D eigenvalue weighted by atomic mass is 10.4. The molecule has 0 unspecified atom stereocenters. The average molecular weight is 163 g/mol. The zero-order chi connectivity index (χ0) is 7.28. The molecule has 1 nitrogen and oxygen atoms in total. The first-order valence-electron chi connectivity index (χ1n) is 2.87. The second-order valence-electron chi connectivity index (χ2n) is 2.03. The van der Waals surface area contributed by atoms with Gasteiger partial charge in [-0.3, -0.25) is 0 Å². The fourth-order valence-electron chi connectivity index (χ4n) is 0.413. The van der Waals surface area contributed by atoms with Crippen molar-refractivity contribution in [3.63, 3.8) is 0 Å². The van der Waals surface area contributed by atoms with Crippen molar-refractivity contribution >= 4 is 29.0 Å². The molecule has 0 saturated carbocycles. The van der Waals surface area contributed by atoms with Gasteiger partial charge in [0.2, 0.25) is 0 Å². The molecule has 0 fully saturated rings. The number of hydrogen-bond donors (Lipinski definition) is 0. The lowest BCUT2D eigenvalue weighted by Gasteiger charge is -2.11. The van der Waals surface area contributed by atoms with Crippen molar-refractivity contribution in [2.75, 3.05) is 26.1 Å². The zero-order valence-electron chi connectivity index (χ0n) is 6.18. The highest BCUT2D eigenvalue weighted by Gasteiger charge is 1.95. The highest BCUT2D eigenvalue weighted by atomic mass is 32.2. The molecule has 0 amide bonds. The van der Waals surface area contributed by atoms with E-state index < -0.39 is 0 Å². The highest BCUT2D eigenvalue weighted by Crippen LogP contribution is 1.98. The third kappa shape index (κ3) is 4.73. The largest absolute Gasteiger partial charge is 0.372 e. The second-order valence-corrected chi connectivity index (χ2v) is 3.49. The van der Waals surface area contributed by atoms with Crippen molar-refractivity contribution in [1.29, 1.82) is 0 Å². The molecule has 9 heavy (non-hydrogen) atoms. The van der Waals surface area contributed by atoms with Crippen LogP contribution in [0.2, 0.25) is 0 Å². The molecule has 54 valence electrons. The topological polar surface area (TPSA) is 3.24 Å². The van der Waals surface area contributed by atoms with Crippen LogP contribution in [0.5, 0.6) is 0 Å². The van der Waals surface area contributed by atoms with Gasteiger partial charge in [-0.2, -0.15) is 11.8 Å². The van der Waals surface area contributed by atoms with Crippen molar-refractivity contribution in [2.45, 2.75) is 6.42 Å². The molecule has 0 heterocycles. The van der Waals surface area contributed by atoms with Gasteiger partial charge in [0.15, 0.2) is 0 Å². The first-order valence-corrected chi connectivity index (χ1v) is 4.67.